The van der Waals surface area contributed by atoms with Gasteiger partial charge in [0, 0.05) is 201 Å². The van der Waals surface area contributed by atoms with Crippen LogP contribution in [0.3, 0.4) is 0 Å². The molecule has 4 unspecified atom stereocenters. The first-order valence-corrected chi connectivity index (χ1v) is 42.5. The molecule has 8 saturated heterocycles. The number of rotatable bonds is 11. The summed E-state index contributed by atoms with van der Waals surface area (Å²) in [5.41, 5.74) is 3.00. The van der Waals surface area contributed by atoms with Crippen LogP contribution in [0.4, 0.5) is 0 Å². The standard InChI is InChI=1S/C14H22N2.C10H19NO.C9H18N2O.2C8H17NO.C8H16O.C8H14O.C7H15NO2S.C7H15NOS/c1-12(2)16-10-9-15(3)11-14(16)13-7-5-4-6-8-13;1-8(2)11-5-6-12-7-10(11)9-3-4-9;1-8(2)10-4-6-11(7-5-10)9(3)12;2*1-7(2)9-4-5-10-6-8(9)3;2*1-7(2)8-3-5-9-6-4-8;1-7(2)8-3-5-11(9,10)6-4-8;1-7(2)8-3-5-10(9)6-4-8/h4-8,12,14H,9-11H2,1-3H3;8-10H,3-7H2,1-2H3;8H,4-7H2,1-3H3;2*7-8H,4-6H2,1-3H3;7-8H,3-6H2,1-2H3;3,7H,4-6H2,1-2H3;7H,3-6H2,1-2H3;7H,3-6H2,1-2H3. The van der Waals surface area contributed by atoms with Gasteiger partial charge in [0.25, 0.3) is 0 Å². The van der Waals surface area contributed by atoms with Crippen molar-refractivity contribution in [2.75, 3.05) is 188 Å². The Hall–Kier alpha value is -1.99. The van der Waals surface area contributed by atoms with Crippen molar-refractivity contribution >= 4 is 26.5 Å². The molecular weight excluding hydrogens is 1280 g/mol. The van der Waals surface area contributed by atoms with Crippen molar-refractivity contribution in [3.63, 3.8) is 0 Å². The SMILES string of the molecule is CC(=O)N1CCN(C(C)C)CC1.CC(C)C1=CCOCC1.CC(C)C1CCOCC1.CC(C)N1CCN(C)CC1c1ccccc1.CC(C)N1CCOCC1C.CC(C)N1CCOCC1C.CC(C)N1CCOCC1C1CC1.CC(C)N1CCS(=O)(=O)CC1.CC(C)N1CCS(=O)CC1. The number of carbonyl (C=O) groups is 1. The minimum absolute atomic E-state index is 0.207. The quantitative estimate of drug-likeness (QED) is 0.194. The van der Waals surface area contributed by atoms with E-state index in [1.807, 2.05) is 4.90 Å². The van der Waals surface area contributed by atoms with Gasteiger partial charge >= 0.3 is 0 Å². The molecule has 0 spiro atoms. The Bertz CT molecular complexity index is 2340. The summed E-state index contributed by atoms with van der Waals surface area (Å²) >= 11 is 0. The summed E-state index contributed by atoms with van der Waals surface area (Å²) in [4.78, 5) is 32.5. The number of likely N-dealkylation sites (N-methyl/N-ethyl adjacent to an activating group) is 1. The molecule has 9 heterocycles. The molecule has 9 fully saturated rings. The van der Waals surface area contributed by atoms with Gasteiger partial charge in [0.2, 0.25) is 5.91 Å². The van der Waals surface area contributed by atoms with Crippen molar-refractivity contribution in [1.29, 1.82) is 0 Å². The molecule has 0 bridgehead atoms. The summed E-state index contributed by atoms with van der Waals surface area (Å²) < 4.78 is 59.5. The molecule has 4 atom stereocenters. The second-order valence-electron chi connectivity index (χ2n) is 31.7. The number of hydrogen-bond donors (Lipinski definition) is 0. The monoisotopic (exact) mass is 1440 g/mol. The van der Waals surface area contributed by atoms with Crippen LogP contribution in [0, 0.1) is 23.7 Å². The van der Waals surface area contributed by atoms with Crippen LogP contribution in [0.15, 0.2) is 42.0 Å². The number of nitrogens with zero attached hydrogens (tertiary/aromatic N) is 9. The molecule has 1 aromatic rings. The van der Waals surface area contributed by atoms with Crippen molar-refractivity contribution in [2.24, 2.45) is 23.7 Å². The largest absolute Gasteiger partial charge is 0.381 e. The molecule has 580 valence electrons. The van der Waals surface area contributed by atoms with Crippen LogP contribution in [-0.4, -0.2) is 311 Å². The molecule has 0 radical (unpaired) electrons. The summed E-state index contributed by atoms with van der Waals surface area (Å²) in [5, 5.41) is 0. The third-order valence-electron chi connectivity index (χ3n) is 21.2. The lowest BCUT2D eigenvalue weighted by Gasteiger charge is -2.42. The molecule has 11 rings (SSSR count). The van der Waals surface area contributed by atoms with E-state index in [0.29, 0.717) is 90.9 Å². The van der Waals surface area contributed by atoms with Gasteiger partial charge in [0.15, 0.2) is 9.84 Å². The van der Waals surface area contributed by atoms with E-state index in [1.54, 1.807) is 12.5 Å². The average Bonchev–Trinajstić information content (AvgIpc) is 1.82. The fraction of sp³-hybridized carbons (Fsp3) is 0.886. The van der Waals surface area contributed by atoms with E-state index in [2.05, 4.69) is 221 Å². The fourth-order valence-corrected chi connectivity index (χ4v) is 16.4. The normalized spacial score (nSPS) is 25.4. The van der Waals surface area contributed by atoms with Gasteiger partial charge in [-0.1, -0.05) is 69.7 Å². The maximum absolute atomic E-state index is 11.0. The number of carbonyl (C=O) groups excluding carboxylic acids is 1. The molecule has 1 amide bonds. The van der Waals surface area contributed by atoms with Crippen LogP contribution in [0.2, 0.25) is 0 Å². The van der Waals surface area contributed by atoms with Crippen LogP contribution < -0.4 is 0 Å². The Morgan fingerprint density at radius 3 is 1.34 bits per heavy atom. The first-order valence-electron chi connectivity index (χ1n) is 39.2. The van der Waals surface area contributed by atoms with E-state index in [1.165, 1.54) is 44.3 Å². The summed E-state index contributed by atoms with van der Waals surface area (Å²) in [5.74, 6) is 6.08. The smallest absolute Gasteiger partial charge is 0.219 e. The lowest BCUT2D eigenvalue weighted by atomic mass is 9.89. The molecule has 1 aliphatic carbocycles. The van der Waals surface area contributed by atoms with E-state index in [4.69, 9.17) is 23.7 Å². The second kappa shape index (κ2) is 49.7. The second-order valence-corrected chi connectivity index (χ2v) is 35.7. The van der Waals surface area contributed by atoms with Gasteiger partial charge in [-0.25, -0.2) is 8.42 Å². The molecule has 9 aliphatic heterocycles. The average molecular weight is 1440 g/mol. The maximum Gasteiger partial charge on any atom is 0.219 e. The summed E-state index contributed by atoms with van der Waals surface area (Å²) in [7, 11) is -0.994. The predicted octanol–water partition coefficient (Wildman–Crippen LogP) is 11.3. The highest BCUT2D eigenvalue weighted by Crippen LogP contribution is 2.37. The molecular formula is C79H153N9O9S2. The Balaban J connectivity index is 0.000000291. The summed E-state index contributed by atoms with van der Waals surface area (Å²) in [6.45, 7) is 69.6. The van der Waals surface area contributed by atoms with Crippen molar-refractivity contribution < 1.29 is 41.1 Å². The molecule has 1 saturated carbocycles. The molecule has 0 N–H and O–H groups in total. The lowest BCUT2D eigenvalue weighted by molar-refractivity contribution is -0.130. The van der Waals surface area contributed by atoms with Gasteiger partial charge in [-0.15, -0.1) is 0 Å². The molecule has 1 aromatic carbocycles. The summed E-state index contributed by atoms with van der Waals surface area (Å²) in [6.07, 6.45) is 8.75. The van der Waals surface area contributed by atoms with Gasteiger partial charge in [0.1, 0.15) is 0 Å². The number of piperazine rings is 2. The zero-order valence-corrected chi connectivity index (χ0v) is 69.1. The molecule has 0 aromatic heterocycles. The van der Waals surface area contributed by atoms with Crippen molar-refractivity contribution in [3.05, 3.63) is 47.5 Å². The number of ether oxygens (including phenoxy) is 5. The van der Waals surface area contributed by atoms with Crippen molar-refractivity contribution in [3.8, 4) is 0 Å². The third-order valence-corrected chi connectivity index (χ3v) is 24.1. The Morgan fingerprint density at radius 1 is 0.495 bits per heavy atom. The van der Waals surface area contributed by atoms with Gasteiger partial charge in [0.05, 0.1) is 64.4 Å². The van der Waals surface area contributed by atoms with Crippen LogP contribution in [0.5, 0.6) is 0 Å². The zero-order chi connectivity index (χ0) is 73.8. The molecule has 18 nitrogen and oxygen atoms in total. The number of sulfone groups is 1. The van der Waals surface area contributed by atoms with Crippen LogP contribution >= 0.6 is 0 Å². The minimum atomic E-state index is -2.69. The topological polar surface area (TPSA) is 144 Å². The van der Waals surface area contributed by atoms with E-state index in [0.717, 1.165) is 173 Å². The van der Waals surface area contributed by atoms with Crippen molar-refractivity contribution in [1.82, 2.24) is 44.1 Å². The predicted molar refractivity (Wildman–Crippen MR) is 418 cm³/mol. The Morgan fingerprint density at radius 2 is 0.960 bits per heavy atom. The Kier molecular flexibility index (Phi) is 45.8. The van der Waals surface area contributed by atoms with E-state index < -0.39 is 20.6 Å². The maximum atomic E-state index is 11.0. The van der Waals surface area contributed by atoms with Gasteiger partial charge in [-0.05, 0) is 179 Å². The lowest BCUT2D eigenvalue weighted by Crippen LogP contribution is -2.50. The number of benzene rings is 1. The number of hydrogen-bond acceptors (Lipinski definition) is 17. The number of amides is 1. The first kappa shape index (κ1) is 91.2. The highest BCUT2D eigenvalue weighted by molar-refractivity contribution is 7.91. The van der Waals surface area contributed by atoms with Gasteiger partial charge in [-0.3, -0.25) is 43.3 Å². The summed E-state index contributed by atoms with van der Waals surface area (Å²) in [6, 6.07) is 17.7. The number of morpholine rings is 3. The minimum Gasteiger partial charge on any atom is -0.381 e. The van der Waals surface area contributed by atoms with Gasteiger partial charge in [-0.2, -0.15) is 0 Å². The molecule has 20 heteroatoms. The highest BCUT2D eigenvalue weighted by Gasteiger charge is 2.38. The van der Waals surface area contributed by atoms with Crippen LogP contribution in [0.1, 0.15) is 189 Å². The Labute approximate surface area is 611 Å². The zero-order valence-electron chi connectivity index (χ0n) is 67.5. The van der Waals surface area contributed by atoms with E-state index in [9.17, 15) is 17.4 Å². The first-order chi connectivity index (χ1) is 46.8. The van der Waals surface area contributed by atoms with Crippen LogP contribution in [-0.2, 0) is 49.1 Å². The molecule has 99 heavy (non-hydrogen) atoms. The van der Waals surface area contributed by atoms with Gasteiger partial charge < -0.3 is 33.5 Å². The van der Waals surface area contributed by atoms with Crippen LogP contribution in [0.25, 0.3) is 0 Å². The fourth-order valence-electron chi connectivity index (χ4n) is 14.1. The van der Waals surface area contributed by atoms with Crippen molar-refractivity contribution in [2.45, 2.75) is 244 Å². The van der Waals surface area contributed by atoms with E-state index in [-0.39, 0.29) is 5.91 Å². The van der Waals surface area contributed by atoms with E-state index >= 15 is 0 Å². The third kappa shape index (κ3) is 37.2. The molecule has 10 aliphatic rings. The highest BCUT2D eigenvalue weighted by atomic mass is 32.2.